The van der Waals surface area contributed by atoms with Crippen molar-refractivity contribution in [1.29, 1.82) is 0 Å². The lowest BCUT2D eigenvalue weighted by Gasteiger charge is -2.18. The van der Waals surface area contributed by atoms with Gasteiger partial charge in [0.2, 0.25) is 0 Å². The van der Waals surface area contributed by atoms with Gasteiger partial charge in [0.25, 0.3) is 5.91 Å². The second-order valence-corrected chi connectivity index (χ2v) is 7.99. The molecular weight excluding hydrogens is 408 g/mol. The second-order valence-electron chi connectivity index (χ2n) is 6.98. The van der Waals surface area contributed by atoms with Crippen LogP contribution in [-0.2, 0) is 9.59 Å². The number of carbonyl (C=O) groups excluding carboxylic acids is 1. The predicted molar refractivity (Wildman–Crippen MR) is 126 cm³/mol. The first kappa shape index (κ1) is 19.1. The van der Waals surface area contributed by atoms with E-state index in [0.29, 0.717) is 10.9 Å². The van der Waals surface area contributed by atoms with Crippen LogP contribution in [0.5, 0.6) is 0 Å². The van der Waals surface area contributed by atoms with Gasteiger partial charge in [-0.3, -0.25) is 9.69 Å². The summed E-state index contributed by atoms with van der Waals surface area (Å²) >= 11 is 1.07. The molecule has 1 aliphatic heterocycles. The number of aliphatic imine (C=N–C) groups is 1. The number of anilines is 1. The van der Waals surface area contributed by atoms with Gasteiger partial charge in [0, 0.05) is 16.8 Å². The lowest BCUT2D eigenvalue weighted by molar-refractivity contribution is -0.131. The number of amidine groups is 1. The maximum Gasteiger partial charge on any atom is 0.329 e. The Morgan fingerprint density at radius 2 is 1.45 bits per heavy atom. The zero-order chi connectivity index (χ0) is 21.4. The number of nitrogens with zero attached hydrogens (tertiary/aromatic N) is 2. The minimum atomic E-state index is -1.17. The van der Waals surface area contributed by atoms with Crippen molar-refractivity contribution in [3.05, 3.63) is 95.9 Å². The van der Waals surface area contributed by atoms with Crippen molar-refractivity contribution in [2.45, 2.75) is 0 Å². The molecule has 4 aromatic rings. The third kappa shape index (κ3) is 3.47. The Balaban J connectivity index is 1.73. The van der Waals surface area contributed by atoms with Crippen LogP contribution in [0.25, 0.3) is 21.5 Å². The van der Waals surface area contributed by atoms with Crippen molar-refractivity contribution < 1.29 is 14.7 Å². The van der Waals surface area contributed by atoms with Crippen LogP contribution < -0.4 is 4.90 Å². The molecule has 150 valence electrons. The fourth-order valence-corrected chi connectivity index (χ4v) is 4.64. The summed E-state index contributed by atoms with van der Waals surface area (Å²) in [5, 5.41) is 13.5. The molecule has 1 fully saturated rings. The fourth-order valence-electron chi connectivity index (χ4n) is 3.69. The molecule has 0 saturated carbocycles. The standard InChI is InChI=1S/C25H16N2O3S/c28-23(29)15-22-24(30)27(21-14-6-10-17-8-2-4-12-19(17)21)25(31-22)26-20-13-5-9-16-7-1-3-11-18(16)20/h1-15H,(H,28,29)/b22-15-,26-25?. The molecule has 5 nitrogen and oxygen atoms in total. The van der Waals surface area contributed by atoms with Crippen LogP contribution in [0.1, 0.15) is 0 Å². The van der Waals surface area contributed by atoms with E-state index < -0.39 is 11.9 Å². The molecule has 31 heavy (non-hydrogen) atoms. The molecule has 1 N–H and O–H groups in total. The number of benzene rings is 4. The lowest BCUT2D eigenvalue weighted by atomic mass is 10.1. The van der Waals surface area contributed by atoms with Crippen LogP contribution in [0.3, 0.4) is 0 Å². The van der Waals surface area contributed by atoms with Crippen molar-refractivity contribution in [2.24, 2.45) is 4.99 Å². The lowest BCUT2D eigenvalue weighted by Crippen LogP contribution is -2.29. The topological polar surface area (TPSA) is 70.0 Å². The number of amides is 1. The molecule has 5 rings (SSSR count). The van der Waals surface area contributed by atoms with Gasteiger partial charge in [0.15, 0.2) is 5.17 Å². The summed E-state index contributed by atoms with van der Waals surface area (Å²) in [6, 6.07) is 27.2. The number of fused-ring (bicyclic) bond motifs is 2. The summed E-state index contributed by atoms with van der Waals surface area (Å²) < 4.78 is 0. The molecule has 0 bridgehead atoms. The number of carboxylic acid groups (broad SMARTS) is 1. The van der Waals surface area contributed by atoms with E-state index >= 15 is 0 Å². The van der Waals surface area contributed by atoms with Gasteiger partial charge in [0.1, 0.15) is 0 Å². The van der Waals surface area contributed by atoms with Gasteiger partial charge in [-0.1, -0.05) is 72.8 Å². The molecule has 0 aliphatic carbocycles. The first-order valence-electron chi connectivity index (χ1n) is 9.63. The van der Waals surface area contributed by atoms with E-state index in [1.165, 1.54) is 4.90 Å². The normalized spacial score (nSPS) is 16.6. The highest BCUT2D eigenvalue weighted by molar-refractivity contribution is 8.19. The van der Waals surface area contributed by atoms with Gasteiger partial charge in [0.05, 0.1) is 16.3 Å². The van der Waals surface area contributed by atoms with E-state index in [2.05, 4.69) is 0 Å². The minimum absolute atomic E-state index is 0.124. The fraction of sp³-hybridized carbons (Fsp3) is 0. The average molecular weight is 424 g/mol. The first-order valence-corrected chi connectivity index (χ1v) is 10.4. The molecule has 0 aromatic heterocycles. The third-order valence-electron chi connectivity index (χ3n) is 5.05. The molecule has 0 unspecified atom stereocenters. The highest BCUT2D eigenvalue weighted by Crippen LogP contribution is 2.40. The van der Waals surface area contributed by atoms with Crippen molar-refractivity contribution in [2.75, 3.05) is 4.90 Å². The molecule has 0 atom stereocenters. The maximum atomic E-state index is 13.2. The van der Waals surface area contributed by atoms with Crippen molar-refractivity contribution >= 4 is 61.7 Å². The van der Waals surface area contributed by atoms with Crippen LogP contribution >= 0.6 is 11.8 Å². The quantitative estimate of drug-likeness (QED) is 0.427. The van der Waals surface area contributed by atoms with Gasteiger partial charge < -0.3 is 5.11 Å². The Morgan fingerprint density at radius 1 is 0.839 bits per heavy atom. The van der Waals surface area contributed by atoms with E-state index in [1.807, 2.05) is 84.9 Å². The molecule has 1 saturated heterocycles. The van der Waals surface area contributed by atoms with Gasteiger partial charge >= 0.3 is 5.97 Å². The molecule has 0 radical (unpaired) electrons. The highest BCUT2D eigenvalue weighted by atomic mass is 32.2. The zero-order valence-electron chi connectivity index (χ0n) is 16.2. The zero-order valence-corrected chi connectivity index (χ0v) is 17.0. The summed E-state index contributed by atoms with van der Waals surface area (Å²) in [7, 11) is 0. The molecule has 1 heterocycles. The molecule has 0 spiro atoms. The Hall–Kier alpha value is -3.90. The highest BCUT2D eigenvalue weighted by Gasteiger charge is 2.36. The van der Waals surface area contributed by atoms with Crippen molar-refractivity contribution in [3.8, 4) is 0 Å². The number of rotatable bonds is 3. The number of hydrogen-bond donors (Lipinski definition) is 1. The summed E-state index contributed by atoms with van der Waals surface area (Å²) in [6.07, 6.45) is 0.941. The van der Waals surface area contributed by atoms with Crippen molar-refractivity contribution in [1.82, 2.24) is 0 Å². The number of aliphatic carboxylic acids is 1. The van der Waals surface area contributed by atoms with E-state index in [0.717, 1.165) is 45.1 Å². The Bertz CT molecular complexity index is 1410. The number of carbonyl (C=O) groups is 2. The minimum Gasteiger partial charge on any atom is -0.478 e. The third-order valence-corrected chi connectivity index (χ3v) is 6.02. The maximum absolute atomic E-state index is 13.2. The van der Waals surface area contributed by atoms with E-state index in [9.17, 15) is 14.7 Å². The van der Waals surface area contributed by atoms with Gasteiger partial charge in [-0.15, -0.1) is 0 Å². The van der Waals surface area contributed by atoms with E-state index in [-0.39, 0.29) is 4.91 Å². The summed E-state index contributed by atoms with van der Waals surface area (Å²) in [5.41, 5.74) is 1.39. The van der Waals surface area contributed by atoms with Crippen LogP contribution in [0, 0.1) is 0 Å². The second kappa shape index (κ2) is 7.74. The largest absolute Gasteiger partial charge is 0.478 e. The van der Waals surface area contributed by atoms with Crippen LogP contribution in [0.2, 0.25) is 0 Å². The van der Waals surface area contributed by atoms with E-state index in [4.69, 9.17) is 4.99 Å². The summed E-state index contributed by atoms with van der Waals surface area (Å²) in [4.78, 5) is 31.0. The average Bonchev–Trinajstić information content (AvgIpc) is 3.07. The van der Waals surface area contributed by atoms with Crippen LogP contribution in [-0.4, -0.2) is 22.2 Å². The van der Waals surface area contributed by atoms with Gasteiger partial charge in [-0.2, -0.15) is 0 Å². The van der Waals surface area contributed by atoms with Crippen LogP contribution in [0.15, 0.2) is 101 Å². The molecular formula is C25H16N2O3S. The Labute approximate surface area is 182 Å². The predicted octanol–water partition coefficient (Wildman–Crippen LogP) is 5.73. The molecule has 6 heteroatoms. The smallest absolute Gasteiger partial charge is 0.329 e. The number of thioether (sulfide) groups is 1. The molecule has 4 aromatic carbocycles. The number of carboxylic acids is 1. The number of hydrogen-bond acceptors (Lipinski definition) is 4. The van der Waals surface area contributed by atoms with Crippen molar-refractivity contribution in [3.63, 3.8) is 0 Å². The van der Waals surface area contributed by atoms with Gasteiger partial charge in [-0.25, -0.2) is 9.79 Å². The Morgan fingerprint density at radius 3 is 2.19 bits per heavy atom. The molecule has 1 aliphatic rings. The summed E-state index contributed by atoms with van der Waals surface area (Å²) in [5.74, 6) is -1.57. The Kier molecular flexibility index (Phi) is 4.76. The van der Waals surface area contributed by atoms with E-state index in [1.54, 1.807) is 0 Å². The monoisotopic (exact) mass is 424 g/mol. The SMILES string of the molecule is O=C(O)/C=C1\SC(=Nc2cccc3ccccc23)N(c2cccc3ccccc23)C1=O. The first-order chi connectivity index (χ1) is 15.1. The van der Waals surface area contributed by atoms with Gasteiger partial charge in [-0.05, 0) is 34.7 Å². The summed E-state index contributed by atoms with van der Waals surface area (Å²) in [6.45, 7) is 0. The molecule has 1 amide bonds. The van der Waals surface area contributed by atoms with Crippen LogP contribution in [0.4, 0.5) is 11.4 Å².